The molecule has 154 valence electrons. The fourth-order valence-corrected chi connectivity index (χ4v) is 4.82. The molecule has 0 heterocycles. The lowest BCUT2D eigenvalue weighted by atomic mass is 10.3. The van der Waals surface area contributed by atoms with Gasteiger partial charge in [0, 0.05) is 25.1 Å². The lowest BCUT2D eigenvalue weighted by molar-refractivity contribution is 0.322. The molecule has 0 aliphatic rings. The molecule has 8 nitrogen and oxygen atoms in total. The molecule has 0 atom stereocenters. The van der Waals surface area contributed by atoms with Crippen molar-refractivity contribution in [2.24, 2.45) is 0 Å². The second-order valence-corrected chi connectivity index (χ2v) is 10.6. The second kappa shape index (κ2) is 9.23. The Hall–Kier alpha value is -1.66. The van der Waals surface area contributed by atoms with Gasteiger partial charge in [-0.3, -0.25) is 0 Å². The van der Waals surface area contributed by atoms with Gasteiger partial charge in [0.2, 0.25) is 20.0 Å². The number of sulfonamides is 2. The van der Waals surface area contributed by atoms with Crippen molar-refractivity contribution in [1.82, 2.24) is 9.03 Å². The fraction of sp³-hybridized carbons (Fsp3) is 0.294. The Morgan fingerprint density at radius 1 is 1.04 bits per heavy atom. The first kappa shape index (κ1) is 22.6. The molecule has 2 aromatic rings. The number of hydrogen-bond donors (Lipinski definition) is 1. The van der Waals surface area contributed by atoms with E-state index in [0.717, 1.165) is 4.31 Å². The zero-order chi connectivity index (χ0) is 20.9. The molecular formula is C17H21BrN2O6S2. The third-order valence-electron chi connectivity index (χ3n) is 3.68. The van der Waals surface area contributed by atoms with Crippen LogP contribution in [0.2, 0.25) is 0 Å². The summed E-state index contributed by atoms with van der Waals surface area (Å²) in [6.07, 6.45) is 0. The Bertz CT molecular complexity index is 1020. The Balaban J connectivity index is 1.96. The number of rotatable bonds is 9. The van der Waals surface area contributed by atoms with Gasteiger partial charge in [-0.15, -0.1) is 0 Å². The van der Waals surface area contributed by atoms with Crippen molar-refractivity contribution in [2.45, 2.75) is 9.79 Å². The molecule has 0 bridgehead atoms. The number of methoxy groups -OCH3 is 1. The number of halogens is 1. The molecule has 1 N–H and O–H groups in total. The smallest absolute Gasteiger partial charge is 0.244 e. The van der Waals surface area contributed by atoms with E-state index < -0.39 is 20.0 Å². The molecule has 2 rings (SSSR count). The first-order chi connectivity index (χ1) is 13.1. The monoisotopic (exact) mass is 492 g/mol. The van der Waals surface area contributed by atoms with Crippen LogP contribution in [0.25, 0.3) is 0 Å². The summed E-state index contributed by atoms with van der Waals surface area (Å²) < 4.78 is 63.7. The summed E-state index contributed by atoms with van der Waals surface area (Å²) in [5.74, 6) is 0.659. The fourth-order valence-electron chi connectivity index (χ4n) is 2.20. The SMILES string of the molecule is COc1ccc(Br)cc1S(=O)(=O)NCCOc1ccc(S(=O)(=O)N(C)C)cc1. The van der Waals surface area contributed by atoms with E-state index in [1.54, 1.807) is 12.1 Å². The van der Waals surface area contributed by atoms with Crippen LogP contribution < -0.4 is 14.2 Å². The predicted molar refractivity (Wildman–Crippen MR) is 109 cm³/mol. The molecule has 0 spiro atoms. The summed E-state index contributed by atoms with van der Waals surface area (Å²) in [6, 6.07) is 10.6. The van der Waals surface area contributed by atoms with Crippen molar-refractivity contribution in [3.05, 3.63) is 46.9 Å². The van der Waals surface area contributed by atoms with Gasteiger partial charge < -0.3 is 9.47 Å². The third-order valence-corrected chi connectivity index (χ3v) is 7.49. The molecule has 0 aliphatic carbocycles. The number of nitrogens with one attached hydrogen (secondary N) is 1. The topological polar surface area (TPSA) is 102 Å². The highest BCUT2D eigenvalue weighted by atomic mass is 79.9. The predicted octanol–water partition coefficient (Wildman–Crippen LogP) is 2.07. The van der Waals surface area contributed by atoms with E-state index in [1.807, 2.05) is 0 Å². The average Bonchev–Trinajstić information content (AvgIpc) is 2.65. The van der Waals surface area contributed by atoms with E-state index in [2.05, 4.69) is 20.7 Å². The van der Waals surface area contributed by atoms with E-state index >= 15 is 0 Å². The molecule has 0 aliphatic heterocycles. The van der Waals surface area contributed by atoms with Crippen molar-refractivity contribution in [2.75, 3.05) is 34.4 Å². The van der Waals surface area contributed by atoms with E-state index in [4.69, 9.17) is 9.47 Å². The molecule has 2 aromatic carbocycles. The van der Waals surface area contributed by atoms with E-state index in [1.165, 1.54) is 51.5 Å². The Labute approximate surface area is 173 Å². The van der Waals surface area contributed by atoms with Crippen LogP contribution in [0, 0.1) is 0 Å². The molecule has 0 saturated carbocycles. The maximum absolute atomic E-state index is 12.5. The van der Waals surface area contributed by atoms with Gasteiger partial charge in [0.25, 0.3) is 0 Å². The average molecular weight is 493 g/mol. The van der Waals surface area contributed by atoms with Gasteiger partial charge in [0.1, 0.15) is 23.0 Å². The van der Waals surface area contributed by atoms with Crippen LogP contribution in [0.15, 0.2) is 56.7 Å². The molecular weight excluding hydrogens is 472 g/mol. The number of nitrogens with zero attached hydrogens (tertiary/aromatic N) is 1. The minimum atomic E-state index is -3.79. The van der Waals surface area contributed by atoms with E-state index in [-0.39, 0.29) is 28.7 Å². The Morgan fingerprint density at radius 2 is 1.68 bits per heavy atom. The summed E-state index contributed by atoms with van der Waals surface area (Å²) in [6.45, 7) is 0.0884. The molecule has 0 aromatic heterocycles. The van der Waals surface area contributed by atoms with E-state index in [0.29, 0.717) is 10.2 Å². The van der Waals surface area contributed by atoms with Crippen LogP contribution in [-0.2, 0) is 20.0 Å². The van der Waals surface area contributed by atoms with Crippen molar-refractivity contribution < 1.29 is 26.3 Å². The van der Waals surface area contributed by atoms with Gasteiger partial charge in [-0.05, 0) is 42.5 Å². The normalized spacial score (nSPS) is 12.2. The summed E-state index contributed by atoms with van der Waals surface area (Å²) in [7, 11) is -3.00. The lowest BCUT2D eigenvalue weighted by Crippen LogP contribution is -2.28. The van der Waals surface area contributed by atoms with Crippen LogP contribution in [0.5, 0.6) is 11.5 Å². The number of hydrogen-bond acceptors (Lipinski definition) is 6. The summed E-state index contributed by atoms with van der Waals surface area (Å²) >= 11 is 3.24. The summed E-state index contributed by atoms with van der Waals surface area (Å²) in [4.78, 5) is 0.162. The van der Waals surface area contributed by atoms with Crippen LogP contribution in [0.3, 0.4) is 0 Å². The van der Waals surface area contributed by atoms with Gasteiger partial charge in [0.15, 0.2) is 0 Å². The first-order valence-electron chi connectivity index (χ1n) is 8.06. The highest BCUT2D eigenvalue weighted by Gasteiger charge is 2.20. The summed E-state index contributed by atoms with van der Waals surface area (Å²) in [5.41, 5.74) is 0. The Morgan fingerprint density at radius 3 is 2.25 bits per heavy atom. The van der Waals surface area contributed by atoms with Crippen LogP contribution in [0.4, 0.5) is 0 Å². The van der Waals surface area contributed by atoms with Crippen LogP contribution >= 0.6 is 15.9 Å². The first-order valence-corrected chi connectivity index (χ1v) is 11.8. The van der Waals surface area contributed by atoms with Crippen molar-refractivity contribution in [3.8, 4) is 11.5 Å². The maximum atomic E-state index is 12.5. The van der Waals surface area contributed by atoms with Gasteiger partial charge in [0.05, 0.1) is 12.0 Å². The van der Waals surface area contributed by atoms with E-state index in [9.17, 15) is 16.8 Å². The van der Waals surface area contributed by atoms with Crippen molar-refractivity contribution >= 4 is 36.0 Å². The highest BCUT2D eigenvalue weighted by Crippen LogP contribution is 2.27. The zero-order valence-electron chi connectivity index (χ0n) is 15.5. The van der Waals surface area contributed by atoms with Gasteiger partial charge in [-0.1, -0.05) is 15.9 Å². The number of benzene rings is 2. The molecule has 0 saturated heterocycles. The molecule has 28 heavy (non-hydrogen) atoms. The molecule has 0 amide bonds. The summed E-state index contributed by atoms with van der Waals surface area (Å²) in [5, 5.41) is 0. The highest BCUT2D eigenvalue weighted by molar-refractivity contribution is 9.10. The minimum absolute atomic E-state index is 0.0163. The standard InChI is InChI=1S/C17H21BrN2O6S2/c1-20(2)28(23,24)15-7-5-14(6-8-15)26-11-10-19-27(21,22)17-12-13(18)4-9-16(17)25-3/h4-9,12,19H,10-11H2,1-3H3. The molecule has 0 fully saturated rings. The maximum Gasteiger partial charge on any atom is 0.244 e. The molecule has 0 radical (unpaired) electrons. The third kappa shape index (κ3) is 5.45. The van der Waals surface area contributed by atoms with Crippen molar-refractivity contribution in [1.29, 1.82) is 0 Å². The quantitative estimate of drug-likeness (QED) is 0.537. The zero-order valence-corrected chi connectivity index (χ0v) is 18.8. The molecule has 0 unspecified atom stereocenters. The molecule has 11 heteroatoms. The lowest BCUT2D eigenvalue weighted by Gasteiger charge is -2.13. The number of ether oxygens (including phenoxy) is 2. The van der Waals surface area contributed by atoms with Crippen molar-refractivity contribution in [3.63, 3.8) is 0 Å². The van der Waals surface area contributed by atoms with Gasteiger partial charge in [-0.25, -0.2) is 25.9 Å². The van der Waals surface area contributed by atoms with Crippen LogP contribution in [0.1, 0.15) is 0 Å². The second-order valence-electron chi connectivity index (χ2n) is 5.80. The van der Waals surface area contributed by atoms with Gasteiger partial charge in [-0.2, -0.15) is 0 Å². The Kier molecular flexibility index (Phi) is 7.46. The largest absolute Gasteiger partial charge is 0.495 e. The van der Waals surface area contributed by atoms with Crippen LogP contribution in [-0.4, -0.2) is 55.5 Å². The minimum Gasteiger partial charge on any atom is -0.495 e. The van der Waals surface area contributed by atoms with Gasteiger partial charge >= 0.3 is 0 Å².